The van der Waals surface area contributed by atoms with Crippen LogP contribution in [0.1, 0.15) is 46.0 Å². The fourth-order valence-electron chi connectivity index (χ4n) is 4.05. The molecular formula is C16H31N3O. The van der Waals surface area contributed by atoms with Crippen LogP contribution in [0.15, 0.2) is 0 Å². The van der Waals surface area contributed by atoms with E-state index in [1.807, 2.05) is 0 Å². The quantitative estimate of drug-likeness (QED) is 0.664. The second-order valence-electron chi connectivity index (χ2n) is 6.46. The predicted octanol–water partition coefficient (Wildman–Crippen LogP) is 1.60. The van der Waals surface area contributed by atoms with Crippen LogP contribution in [0.25, 0.3) is 0 Å². The molecule has 4 atom stereocenters. The fraction of sp³-hybridized carbons (Fsp3) is 0.938. The van der Waals surface area contributed by atoms with Crippen molar-refractivity contribution in [2.75, 3.05) is 26.2 Å². The molecule has 0 spiro atoms. The third-order valence-corrected chi connectivity index (χ3v) is 5.38. The molecule has 2 rings (SSSR count). The predicted molar refractivity (Wildman–Crippen MR) is 82.3 cm³/mol. The molecular weight excluding hydrogens is 250 g/mol. The Balaban J connectivity index is 1.61. The first-order valence-electron chi connectivity index (χ1n) is 8.43. The average Bonchev–Trinajstić information content (AvgIpc) is 3.03. The van der Waals surface area contributed by atoms with Crippen molar-refractivity contribution in [1.82, 2.24) is 10.2 Å². The first-order valence-corrected chi connectivity index (χ1v) is 8.43. The van der Waals surface area contributed by atoms with Gasteiger partial charge in [-0.25, -0.2) is 0 Å². The molecule has 0 aromatic heterocycles. The third kappa shape index (κ3) is 3.53. The maximum absolute atomic E-state index is 12.3. The zero-order valence-electron chi connectivity index (χ0n) is 13.1. The van der Waals surface area contributed by atoms with Gasteiger partial charge in [0.25, 0.3) is 0 Å². The Bertz CT molecular complexity index is 315. The zero-order valence-corrected chi connectivity index (χ0v) is 13.1. The summed E-state index contributed by atoms with van der Waals surface area (Å²) in [6.45, 7) is 8.56. The highest BCUT2D eigenvalue weighted by molar-refractivity contribution is 5.80. The molecule has 1 amide bonds. The van der Waals surface area contributed by atoms with E-state index >= 15 is 0 Å². The molecule has 2 aliphatic carbocycles. The van der Waals surface area contributed by atoms with Gasteiger partial charge in [-0.3, -0.25) is 4.79 Å². The number of unbranched alkanes of at least 4 members (excludes halogenated alkanes) is 1. The zero-order chi connectivity index (χ0) is 14.5. The molecule has 4 unspecified atom stereocenters. The van der Waals surface area contributed by atoms with Crippen LogP contribution in [-0.4, -0.2) is 43.0 Å². The molecule has 0 aliphatic heterocycles. The van der Waals surface area contributed by atoms with Gasteiger partial charge in [0.05, 0.1) is 5.92 Å². The van der Waals surface area contributed by atoms with E-state index in [0.29, 0.717) is 11.8 Å². The van der Waals surface area contributed by atoms with Crippen molar-refractivity contribution in [3.63, 3.8) is 0 Å². The number of hydrogen-bond donors (Lipinski definition) is 2. The number of hydrogen-bond acceptors (Lipinski definition) is 3. The molecule has 0 aromatic rings. The highest BCUT2D eigenvalue weighted by atomic mass is 16.1. The summed E-state index contributed by atoms with van der Waals surface area (Å²) in [5, 5.41) is 3.11. The summed E-state index contributed by atoms with van der Waals surface area (Å²) < 4.78 is 0. The van der Waals surface area contributed by atoms with Crippen molar-refractivity contribution in [2.24, 2.45) is 23.5 Å². The molecule has 20 heavy (non-hydrogen) atoms. The number of fused-ring (bicyclic) bond motifs is 2. The molecule has 2 aliphatic rings. The van der Waals surface area contributed by atoms with Crippen molar-refractivity contribution in [3.8, 4) is 0 Å². The Hall–Kier alpha value is -0.610. The van der Waals surface area contributed by atoms with Crippen LogP contribution < -0.4 is 11.1 Å². The van der Waals surface area contributed by atoms with Crippen LogP contribution in [0.2, 0.25) is 0 Å². The van der Waals surface area contributed by atoms with Crippen molar-refractivity contribution < 1.29 is 4.79 Å². The SMILES string of the molecule is CCN(CC)CCCCNC(=O)C1C2CCC(C2)C1N. The Morgan fingerprint density at radius 1 is 1.20 bits per heavy atom. The summed E-state index contributed by atoms with van der Waals surface area (Å²) in [4.78, 5) is 14.7. The first kappa shape index (κ1) is 15.8. The van der Waals surface area contributed by atoms with Gasteiger partial charge in [-0.05, 0) is 63.6 Å². The van der Waals surface area contributed by atoms with Crippen LogP contribution in [-0.2, 0) is 4.79 Å². The van der Waals surface area contributed by atoms with Crippen molar-refractivity contribution in [2.45, 2.75) is 52.0 Å². The molecule has 2 saturated carbocycles. The second kappa shape index (κ2) is 7.41. The number of nitrogens with zero attached hydrogens (tertiary/aromatic N) is 1. The van der Waals surface area contributed by atoms with E-state index in [9.17, 15) is 4.79 Å². The lowest BCUT2D eigenvalue weighted by molar-refractivity contribution is -0.127. The summed E-state index contributed by atoms with van der Waals surface area (Å²) >= 11 is 0. The van der Waals surface area contributed by atoms with E-state index in [1.165, 1.54) is 19.3 Å². The number of nitrogens with one attached hydrogen (secondary N) is 1. The van der Waals surface area contributed by atoms with E-state index < -0.39 is 0 Å². The minimum absolute atomic E-state index is 0.0940. The van der Waals surface area contributed by atoms with Crippen LogP contribution >= 0.6 is 0 Å². The van der Waals surface area contributed by atoms with E-state index in [4.69, 9.17) is 5.73 Å². The lowest BCUT2D eigenvalue weighted by atomic mass is 9.84. The van der Waals surface area contributed by atoms with Gasteiger partial charge >= 0.3 is 0 Å². The number of carbonyl (C=O) groups is 1. The van der Waals surface area contributed by atoms with Crippen molar-refractivity contribution in [1.29, 1.82) is 0 Å². The Labute approximate surface area is 123 Å². The highest BCUT2D eigenvalue weighted by Gasteiger charge is 2.48. The van der Waals surface area contributed by atoms with Gasteiger partial charge < -0.3 is 16.0 Å². The summed E-state index contributed by atoms with van der Waals surface area (Å²) in [5.41, 5.74) is 6.20. The molecule has 4 nitrogen and oxygen atoms in total. The number of nitrogens with two attached hydrogens (primary N) is 1. The molecule has 3 N–H and O–H groups in total. The monoisotopic (exact) mass is 281 g/mol. The van der Waals surface area contributed by atoms with E-state index in [1.54, 1.807) is 0 Å². The van der Waals surface area contributed by atoms with Gasteiger partial charge in [0.1, 0.15) is 0 Å². The second-order valence-corrected chi connectivity index (χ2v) is 6.46. The van der Waals surface area contributed by atoms with Gasteiger partial charge in [-0.15, -0.1) is 0 Å². The largest absolute Gasteiger partial charge is 0.356 e. The van der Waals surface area contributed by atoms with E-state index in [-0.39, 0.29) is 17.9 Å². The van der Waals surface area contributed by atoms with Crippen LogP contribution in [0, 0.1) is 17.8 Å². The van der Waals surface area contributed by atoms with Gasteiger partial charge in [0, 0.05) is 12.6 Å². The standard InChI is InChI=1S/C16H31N3O/c1-3-19(4-2)10-6-5-9-18-16(20)14-12-7-8-13(11-12)15(14)17/h12-15H,3-11,17H2,1-2H3,(H,18,20). The van der Waals surface area contributed by atoms with Gasteiger partial charge in [0.2, 0.25) is 5.91 Å². The number of amides is 1. The normalized spacial score (nSPS) is 32.0. The molecule has 4 heteroatoms. The minimum atomic E-state index is 0.0940. The number of rotatable bonds is 8. The summed E-state index contributed by atoms with van der Waals surface area (Å²) in [7, 11) is 0. The lowest BCUT2D eigenvalue weighted by Gasteiger charge is -2.27. The van der Waals surface area contributed by atoms with E-state index in [2.05, 4.69) is 24.1 Å². The summed E-state index contributed by atoms with van der Waals surface area (Å²) in [5.74, 6) is 1.48. The molecule has 2 bridgehead atoms. The van der Waals surface area contributed by atoms with Crippen molar-refractivity contribution >= 4 is 5.91 Å². The van der Waals surface area contributed by atoms with Gasteiger partial charge in [-0.1, -0.05) is 13.8 Å². The molecule has 0 aromatic carbocycles. The highest BCUT2D eigenvalue weighted by Crippen LogP contribution is 2.47. The Morgan fingerprint density at radius 2 is 1.90 bits per heavy atom. The third-order valence-electron chi connectivity index (χ3n) is 5.38. The smallest absolute Gasteiger partial charge is 0.224 e. The average molecular weight is 281 g/mol. The molecule has 0 radical (unpaired) electrons. The summed E-state index contributed by atoms with van der Waals surface area (Å²) in [6, 6.07) is 0.115. The minimum Gasteiger partial charge on any atom is -0.356 e. The van der Waals surface area contributed by atoms with E-state index in [0.717, 1.165) is 39.0 Å². The molecule has 2 fully saturated rings. The maximum Gasteiger partial charge on any atom is 0.224 e. The summed E-state index contributed by atoms with van der Waals surface area (Å²) in [6.07, 6.45) is 5.85. The lowest BCUT2D eigenvalue weighted by Crippen LogP contribution is -2.45. The molecule has 116 valence electrons. The van der Waals surface area contributed by atoms with Crippen molar-refractivity contribution in [3.05, 3.63) is 0 Å². The Kier molecular flexibility index (Phi) is 5.85. The van der Waals surface area contributed by atoms with Gasteiger partial charge in [0.15, 0.2) is 0 Å². The molecule has 0 heterocycles. The van der Waals surface area contributed by atoms with Crippen LogP contribution in [0.5, 0.6) is 0 Å². The van der Waals surface area contributed by atoms with Crippen LogP contribution in [0.3, 0.4) is 0 Å². The number of carbonyl (C=O) groups excluding carboxylic acids is 1. The Morgan fingerprint density at radius 3 is 2.50 bits per heavy atom. The molecule has 0 saturated heterocycles. The maximum atomic E-state index is 12.3. The topological polar surface area (TPSA) is 58.4 Å². The first-order chi connectivity index (χ1) is 9.67. The fourth-order valence-corrected chi connectivity index (χ4v) is 4.05. The van der Waals surface area contributed by atoms with Gasteiger partial charge in [-0.2, -0.15) is 0 Å². The van der Waals surface area contributed by atoms with Crippen LogP contribution in [0.4, 0.5) is 0 Å².